The van der Waals surface area contributed by atoms with Gasteiger partial charge >= 0.3 is 0 Å². The van der Waals surface area contributed by atoms with Crippen molar-refractivity contribution in [2.24, 2.45) is 11.8 Å². The first kappa shape index (κ1) is 8.08. The quantitative estimate of drug-likeness (QED) is 0.547. The normalized spacial score (nSPS) is 53.1. The summed E-state index contributed by atoms with van der Waals surface area (Å²) in [5.41, 5.74) is 0.256. The van der Waals surface area contributed by atoms with Crippen LogP contribution in [0.2, 0.25) is 0 Å². The molecule has 3 heteroatoms. The van der Waals surface area contributed by atoms with Crippen LogP contribution in [0.15, 0.2) is 0 Å². The van der Waals surface area contributed by atoms with Gasteiger partial charge in [-0.1, -0.05) is 0 Å². The highest BCUT2D eigenvalue weighted by molar-refractivity contribution is 5.10. The van der Waals surface area contributed by atoms with Gasteiger partial charge < -0.3 is 14.2 Å². The number of hydrogen-bond donors (Lipinski definition) is 0. The molecular formula is C11H16O3. The van der Waals surface area contributed by atoms with E-state index in [1.54, 1.807) is 0 Å². The van der Waals surface area contributed by atoms with Gasteiger partial charge in [0.25, 0.3) is 0 Å². The van der Waals surface area contributed by atoms with Crippen molar-refractivity contribution in [3.8, 4) is 0 Å². The average Bonchev–Trinajstić information content (AvgIpc) is 2.72. The maximum atomic E-state index is 5.91. The molecule has 2 saturated carbocycles. The topological polar surface area (TPSA) is 31.0 Å². The van der Waals surface area contributed by atoms with E-state index < -0.39 is 0 Å². The van der Waals surface area contributed by atoms with Crippen LogP contribution in [0.25, 0.3) is 0 Å². The molecule has 2 atom stereocenters. The molecule has 2 bridgehead atoms. The molecule has 2 aliphatic carbocycles. The van der Waals surface area contributed by atoms with Crippen LogP contribution in [0.1, 0.15) is 25.7 Å². The van der Waals surface area contributed by atoms with Crippen molar-refractivity contribution in [2.45, 2.75) is 37.1 Å². The Bertz CT molecular complexity index is 248. The van der Waals surface area contributed by atoms with E-state index in [-0.39, 0.29) is 11.4 Å². The molecule has 0 aromatic rings. The molecule has 3 nitrogen and oxygen atoms in total. The highest BCUT2D eigenvalue weighted by Crippen LogP contribution is 2.60. The van der Waals surface area contributed by atoms with E-state index in [9.17, 15) is 0 Å². The highest BCUT2D eigenvalue weighted by atomic mass is 16.7. The van der Waals surface area contributed by atoms with Crippen molar-refractivity contribution in [2.75, 3.05) is 19.8 Å². The Morgan fingerprint density at radius 1 is 0.857 bits per heavy atom. The van der Waals surface area contributed by atoms with E-state index in [0.717, 1.165) is 19.8 Å². The van der Waals surface area contributed by atoms with Crippen molar-refractivity contribution < 1.29 is 14.2 Å². The second kappa shape index (κ2) is 2.34. The number of rotatable bonds is 0. The third-order valence-electron chi connectivity index (χ3n) is 4.53. The Morgan fingerprint density at radius 2 is 1.43 bits per heavy atom. The highest BCUT2D eigenvalue weighted by Gasteiger charge is 2.65. The smallest absolute Gasteiger partial charge is 0.174 e. The maximum Gasteiger partial charge on any atom is 0.174 e. The van der Waals surface area contributed by atoms with Gasteiger partial charge in [0, 0.05) is 11.8 Å². The minimum Gasteiger partial charge on any atom is -0.370 e. The van der Waals surface area contributed by atoms with Crippen molar-refractivity contribution in [3.05, 3.63) is 0 Å². The summed E-state index contributed by atoms with van der Waals surface area (Å²) in [6.45, 7) is 2.57. The van der Waals surface area contributed by atoms with Gasteiger partial charge in [0.05, 0.1) is 25.4 Å². The number of epoxide rings is 1. The van der Waals surface area contributed by atoms with Gasteiger partial charge in [-0.15, -0.1) is 0 Å². The van der Waals surface area contributed by atoms with Crippen LogP contribution in [0.3, 0.4) is 0 Å². The first-order valence-electron chi connectivity index (χ1n) is 5.75. The Kier molecular flexibility index (Phi) is 1.35. The average molecular weight is 196 g/mol. The van der Waals surface area contributed by atoms with Gasteiger partial charge in [0.15, 0.2) is 5.79 Å². The molecule has 2 heterocycles. The molecule has 2 spiro atoms. The van der Waals surface area contributed by atoms with E-state index in [1.807, 2.05) is 0 Å². The zero-order chi connectivity index (χ0) is 9.23. The SMILES string of the molecule is C1COC2(O1)C1CCC2CC2(CO2)C1. The van der Waals surface area contributed by atoms with Crippen LogP contribution in [-0.2, 0) is 14.2 Å². The second-order valence-corrected chi connectivity index (χ2v) is 5.27. The van der Waals surface area contributed by atoms with Crippen LogP contribution >= 0.6 is 0 Å². The minimum absolute atomic E-state index is 0.183. The van der Waals surface area contributed by atoms with Crippen molar-refractivity contribution in [1.29, 1.82) is 0 Å². The molecular weight excluding hydrogens is 180 g/mol. The summed E-state index contributed by atoms with van der Waals surface area (Å²) in [7, 11) is 0. The minimum atomic E-state index is -0.183. The Hall–Kier alpha value is -0.120. The Balaban J connectivity index is 1.69. The fourth-order valence-corrected chi connectivity index (χ4v) is 3.86. The molecule has 2 aliphatic heterocycles. The largest absolute Gasteiger partial charge is 0.370 e. The lowest BCUT2D eigenvalue weighted by Crippen LogP contribution is -2.48. The number of hydrogen-bond acceptors (Lipinski definition) is 3. The summed E-state index contributed by atoms with van der Waals surface area (Å²) in [5, 5.41) is 0. The van der Waals surface area contributed by atoms with Gasteiger partial charge in [-0.2, -0.15) is 0 Å². The molecule has 2 unspecified atom stereocenters. The fraction of sp³-hybridized carbons (Fsp3) is 1.00. The second-order valence-electron chi connectivity index (χ2n) is 5.27. The standard InChI is InChI=1S/C11H16O3/c1-2-9-6-10(7-14-10)5-8(1)11(9)12-3-4-13-11/h8-9H,1-7H2. The third-order valence-corrected chi connectivity index (χ3v) is 4.53. The van der Waals surface area contributed by atoms with Gasteiger partial charge in [0.1, 0.15) is 0 Å². The van der Waals surface area contributed by atoms with Gasteiger partial charge in [0.2, 0.25) is 0 Å². The predicted molar refractivity (Wildman–Crippen MR) is 48.8 cm³/mol. The molecule has 0 radical (unpaired) electrons. The Labute approximate surface area is 83.7 Å². The molecule has 14 heavy (non-hydrogen) atoms. The summed E-state index contributed by atoms with van der Waals surface area (Å²) in [4.78, 5) is 0. The third kappa shape index (κ3) is 0.841. The van der Waals surface area contributed by atoms with Crippen LogP contribution in [0, 0.1) is 11.8 Å². The van der Waals surface area contributed by atoms with Crippen molar-refractivity contribution in [1.82, 2.24) is 0 Å². The monoisotopic (exact) mass is 196 g/mol. The molecule has 0 amide bonds. The molecule has 0 aromatic heterocycles. The lowest BCUT2D eigenvalue weighted by molar-refractivity contribution is -0.230. The summed E-state index contributed by atoms with van der Waals surface area (Å²) < 4.78 is 17.4. The van der Waals surface area contributed by atoms with E-state index in [0.29, 0.717) is 11.8 Å². The first-order chi connectivity index (χ1) is 6.83. The predicted octanol–water partition coefficient (Wildman–Crippen LogP) is 1.32. The summed E-state index contributed by atoms with van der Waals surface area (Å²) in [6, 6.07) is 0. The zero-order valence-corrected chi connectivity index (χ0v) is 8.33. The fourth-order valence-electron chi connectivity index (χ4n) is 3.86. The molecule has 4 aliphatic rings. The van der Waals surface area contributed by atoms with Crippen molar-refractivity contribution in [3.63, 3.8) is 0 Å². The van der Waals surface area contributed by atoms with Crippen LogP contribution in [0.5, 0.6) is 0 Å². The molecule has 78 valence electrons. The Morgan fingerprint density at radius 3 is 1.93 bits per heavy atom. The van der Waals surface area contributed by atoms with Crippen molar-refractivity contribution >= 4 is 0 Å². The zero-order valence-electron chi connectivity index (χ0n) is 8.33. The van der Waals surface area contributed by atoms with E-state index in [2.05, 4.69) is 0 Å². The summed E-state index contributed by atoms with van der Waals surface area (Å²) >= 11 is 0. The summed E-state index contributed by atoms with van der Waals surface area (Å²) in [6.07, 6.45) is 4.89. The van der Waals surface area contributed by atoms with Gasteiger partial charge in [-0.25, -0.2) is 0 Å². The van der Waals surface area contributed by atoms with Crippen LogP contribution in [0.4, 0.5) is 0 Å². The molecule has 4 fully saturated rings. The summed E-state index contributed by atoms with van der Waals surface area (Å²) in [5.74, 6) is 1.02. The molecule has 4 rings (SSSR count). The molecule has 0 aromatic carbocycles. The maximum absolute atomic E-state index is 5.91. The van der Waals surface area contributed by atoms with E-state index in [1.165, 1.54) is 25.7 Å². The van der Waals surface area contributed by atoms with Gasteiger partial charge in [-0.3, -0.25) is 0 Å². The molecule has 0 N–H and O–H groups in total. The lowest BCUT2D eigenvalue weighted by Gasteiger charge is -2.41. The lowest BCUT2D eigenvalue weighted by atomic mass is 9.76. The van der Waals surface area contributed by atoms with Gasteiger partial charge in [-0.05, 0) is 25.7 Å². The number of ether oxygens (including phenoxy) is 3. The van der Waals surface area contributed by atoms with E-state index in [4.69, 9.17) is 14.2 Å². The van der Waals surface area contributed by atoms with Crippen LogP contribution < -0.4 is 0 Å². The molecule has 2 saturated heterocycles. The van der Waals surface area contributed by atoms with E-state index >= 15 is 0 Å². The van der Waals surface area contributed by atoms with Crippen LogP contribution in [-0.4, -0.2) is 31.2 Å². The first-order valence-corrected chi connectivity index (χ1v) is 5.75.